The van der Waals surface area contributed by atoms with E-state index in [-0.39, 0.29) is 6.54 Å². The quantitative estimate of drug-likeness (QED) is 0.700. The number of carboxylic acids is 1. The molecule has 0 aromatic rings. The van der Waals surface area contributed by atoms with Crippen molar-refractivity contribution in [1.82, 2.24) is 5.32 Å². The fourth-order valence-corrected chi connectivity index (χ4v) is 0.788. The molecule has 5 heteroatoms. The van der Waals surface area contributed by atoms with E-state index in [1.54, 1.807) is 27.7 Å². The number of alkyl carbamates (subject to hydrolysis) is 1. The van der Waals surface area contributed by atoms with Crippen LogP contribution in [0.5, 0.6) is 0 Å². The Kier molecular flexibility index (Phi) is 4.84. The van der Waals surface area contributed by atoms with Gasteiger partial charge in [0.2, 0.25) is 0 Å². The fraction of sp³-hybridized carbons (Fsp3) is 0.600. The second-order valence-electron chi connectivity index (χ2n) is 4.18. The highest BCUT2D eigenvalue weighted by Gasteiger charge is 2.15. The summed E-state index contributed by atoms with van der Waals surface area (Å²) in [5.41, 5.74) is 0.00228. The van der Waals surface area contributed by atoms with Crippen LogP contribution in [0.15, 0.2) is 11.6 Å². The van der Waals surface area contributed by atoms with Gasteiger partial charge in [0.05, 0.1) is 0 Å². The van der Waals surface area contributed by atoms with Gasteiger partial charge < -0.3 is 15.2 Å². The Morgan fingerprint density at radius 3 is 2.33 bits per heavy atom. The normalized spacial score (nSPS) is 12.1. The van der Waals surface area contributed by atoms with Gasteiger partial charge in [0.25, 0.3) is 0 Å². The molecule has 1 amide bonds. The molecular formula is C10H17NO4. The third-order valence-corrected chi connectivity index (χ3v) is 1.28. The first-order valence-electron chi connectivity index (χ1n) is 4.57. The molecule has 0 aliphatic carbocycles. The zero-order valence-electron chi connectivity index (χ0n) is 9.46. The highest BCUT2D eigenvalue weighted by Crippen LogP contribution is 2.06. The molecule has 0 heterocycles. The zero-order chi connectivity index (χ0) is 12.1. The molecular weight excluding hydrogens is 198 g/mol. The number of carbonyl (C=O) groups excluding carboxylic acids is 1. The van der Waals surface area contributed by atoms with Crippen molar-refractivity contribution in [3.63, 3.8) is 0 Å². The Morgan fingerprint density at radius 2 is 1.93 bits per heavy atom. The summed E-state index contributed by atoms with van der Waals surface area (Å²) < 4.78 is 4.97. The predicted octanol–water partition coefficient (Wildman–Crippen LogP) is 1.54. The number of carbonyl (C=O) groups is 2. The third kappa shape index (κ3) is 8.80. The Balaban J connectivity index is 3.97. The molecule has 0 radical (unpaired) electrons. The Labute approximate surface area is 89.1 Å². The largest absolute Gasteiger partial charge is 0.478 e. The minimum absolute atomic E-state index is 0.168. The molecule has 86 valence electrons. The van der Waals surface area contributed by atoms with Crippen LogP contribution in [0.4, 0.5) is 4.79 Å². The first-order chi connectivity index (χ1) is 6.70. The summed E-state index contributed by atoms with van der Waals surface area (Å²) in [6, 6.07) is 0. The number of carboxylic acid groups (broad SMARTS) is 1. The third-order valence-electron chi connectivity index (χ3n) is 1.28. The van der Waals surface area contributed by atoms with Crippen LogP contribution in [0.2, 0.25) is 0 Å². The summed E-state index contributed by atoms with van der Waals surface area (Å²) in [5.74, 6) is -1.03. The lowest BCUT2D eigenvalue weighted by Crippen LogP contribution is -2.33. The number of hydrogen-bond donors (Lipinski definition) is 2. The van der Waals surface area contributed by atoms with Crippen LogP contribution in [0.1, 0.15) is 27.7 Å². The number of nitrogens with one attached hydrogen (secondary N) is 1. The molecule has 0 fully saturated rings. The van der Waals surface area contributed by atoms with Crippen molar-refractivity contribution in [1.29, 1.82) is 0 Å². The topological polar surface area (TPSA) is 75.6 Å². The molecule has 0 aliphatic heterocycles. The Morgan fingerprint density at radius 1 is 1.40 bits per heavy atom. The van der Waals surface area contributed by atoms with Crippen molar-refractivity contribution in [2.75, 3.05) is 6.54 Å². The fourth-order valence-electron chi connectivity index (χ4n) is 0.788. The number of rotatable bonds is 3. The molecule has 2 N–H and O–H groups in total. The lowest BCUT2D eigenvalue weighted by Gasteiger charge is -2.19. The van der Waals surface area contributed by atoms with E-state index in [4.69, 9.17) is 9.84 Å². The van der Waals surface area contributed by atoms with Crippen LogP contribution in [0.3, 0.4) is 0 Å². The van der Waals surface area contributed by atoms with Crippen molar-refractivity contribution in [2.45, 2.75) is 33.3 Å². The van der Waals surface area contributed by atoms with Gasteiger partial charge in [0, 0.05) is 12.6 Å². The van der Waals surface area contributed by atoms with E-state index in [1.807, 2.05) is 0 Å². The molecule has 15 heavy (non-hydrogen) atoms. The van der Waals surface area contributed by atoms with Gasteiger partial charge >= 0.3 is 12.1 Å². The number of hydrogen-bond acceptors (Lipinski definition) is 3. The van der Waals surface area contributed by atoms with E-state index in [0.717, 1.165) is 6.08 Å². The van der Waals surface area contributed by atoms with Gasteiger partial charge in [-0.1, -0.05) is 0 Å². The number of ether oxygens (including phenoxy) is 1. The van der Waals surface area contributed by atoms with Crippen molar-refractivity contribution in [3.8, 4) is 0 Å². The van der Waals surface area contributed by atoms with Crippen molar-refractivity contribution < 1.29 is 19.4 Å². The summed E-state index contributed by atoms with van der Waals surface area (Å²) in [4.78, 5) is 21.4. The first-order valence-corrected chi connectivity index (χ1v) is 4.57. The van der Waals surface area contributed by atoms with Gasteiger partial charge in [-0.25, -0.2) is 9.59 Å². The summed E-state index contributed by atoms with van der Waals surface area (Å²) in [7, 11) is 0. The molecule has 0 aromatic heterocycles. The molecule has 0 atom stereocenters. The number of amides is 1. The minimum atomic E-state index is -1.03. The van der Waals surface area contributed by atoms with E-state index in [9.17, 15) is 9.59 Å². The van der Waals surface area contributed by atoms with E-state index in [0.29, 0.717) is 5.57 Å². The summed E-state index contributed by atoms with van der Waals surface area (Å²) >= 11 is 0. The van der Waals surface area contributed by atoms with E-state index in [1.165, 1.54) is 0 Å². The van der Waals surface area contributed by atoms with Gasteiger partial charge in [-0.3, -0.25) is 0 Å². The molecule has 0 aromatic carbocycles. The van der Waals surface area contributed by atoms with E-state index >= 15 is 0 Å². The maximum Gasteiger partial charge on any atom is 0.407 e. The van der Waals surface area contributed by atoms with Crippen LogP contribution in [-0.2, 0) is 9.53 Å². The lowest BCUT2D eigenvalue weighted by molar-refractivity contribution is -0.131. The highest BCUT2D eigenvalue weighted by atomic mass is 16.6. The smallest absolute Gasteiger partial charge is 0.407 e. The monoisotopic (exact) mass is 215 g/mol. The zero-order valence-corrected chi connectivity index (χ0v) is 9.46. The predicted molar refractivity (Wildman–Crippen MR) is 55.6 cm³/mol. The maximum atomic E-state index is 11.1. The van der Waals surface area contributed by atoms with Gasteiger partial charge in [-0.05, 0) is 33.3 Å². The molecule has 0 spiro atoms. The summed E-state index contributed by atoms with van der Waals surface area (Å²) in [5, 5.41) is 10.9. The van der Waals surface area contributed by atoms with Crippen molar-refractivity contribution in [2.24, 2.45) is 0 Å². The van der Waals surface area contributed by atoms with Crippen LogP contribution in [-0.4, -0.2) is 29.3 Å². The van der Waals surface area contributed by atoms with Crippen molar-refractivity contribution >= 4 is 12.1 Å². The number of aliphatic carboxylic acids is 1. The molecule has 0 aliphatic rings. The van der Waals surface area contributed by atoms with Crippen LogP contribution < -0.4 is 5.32 Å². The Hall–Kier alpha value is -1.52. The van der Waals surface area contributed by atoms with Gasteiger partial charge in [0.1, 0.15) is 5.60 Å². The highest BCUT2D eigenvalue weighted by molar-refractivity contribution is 5.80. The maximum absolute atomic E-state index is 11.1. The van der Waals surface area contributed by atoms with Gasteiger partial charge in [-0.15, -0.1) is 0 Å². The van der Waals surface area contributed by atoms with E-state index < -0.39 is 17.7 Å². The molecule has 0 unspecified atom stereocenters. The standard InChI is InChI=1S/C10H17NO4/c1-7(5-8(12)13)6-11-9(14)15-10(2,3)4/h5H,6H2,1-4H3,(H,11,14)(H,12,13)/b7-5+. The lowest BCUT2D eigenvalue weighted by atomic mass is 10.2. The molecule has 0 saturated carbocycles. The summed E-state index contributed by atoms with van der Waals surface area (Å²) in [6.07, 6.45) is 0.484. The Bertz CT molecular complexity index is 276. The minimum Gasteiger partial charge on any atom is -0.478 e. The van der Waals surface area contributed by atoms with Crippen molar-refractivity contribution in [3.05, 3.63) is 11.6 Å². The average Bonchev–Trinajstić information content (AvgIpc) is 1.96. The van der Waals surface area contributed by atoms with Gasteiger partial charge in [-0.2, -0.15) is 0 Å². The molecule has 0 bridgehead atoms. The molecule has 0 rings (SSSR count). The van der Waals surface area contributed by atoms with E-state index in [2.05, 4.69) is 5.32 Å². The molecule has 0 saturated heterocycles. The van der Waals surface area contributed by atoms with Crippen LogP contribution in [0.25, 0.3) is 0 Å². The second kappa shape index (κ2) is 5.38. The summed E-state index contributed by atoms with van der Waals surface area (Å²) in [6.45, 7) is 7.05. The van der Waals surface area contributed by atoms with Gasteiger partial charge in [0.15, 0.2) is 0 Å². The SMILES string of the molecule is C/C(=C\C(=O)O)CNC(=O)OC(C)(C)C. The second-order valence-corrected chi connectivity index (χ2v) is 4.18. The molecule has 5 nitrogen and oxygen atoms in total. The first kappa shape index (κ1) is 13.5. The van der Waals surface area contributed by atoms with Crippen LogP contribution in [0, 0.1) is 0 Å². The van der Waals surface area contributed by atoms with Crippen LogP contribution >= 0.6 is 0 Å². The average molecular weight is 215 g/mol.